The molecule has 0 radical (unpaired) electrons. The summed E-state index contributed by atoms with van der Waals surface area (Å²) in [7, 11) is -10.4. The van der Waals surface area contributed by atoms with Crippen LogP contribution in [0.4, 0.5) is 11.4 Å². The van der Waals surface area contributed by atoms with Crippen LogP contribution in [0.15, 0.2) is 94.4 Å². The molecule has 3 heterocycles. The second kappa shape index (κ2) is 21.4. The van der Waals surface area contributed by atoms with Crippen LogP contribution in [0.25, 0.3) is 0 Å². The number of imide groups is 1. The van der Waals surface area contributed by atoms with E-state index in [1.165, 1.54) is 31.4 Å². The summed E-state index contributed by atoms with van der Waals surface area (Å²) in [5, 5.41) is 0.997. The van der Waals surface area contributed by atoms with Crippen molar-refractivity contribution >= 4 is 65.2 Å². The van der Waals surface area contributed by atoms with Gasteiger partial charge in [0.2, 0.25) is 11.6 Å². The Labute approximate surface area is 386 Å². The number of amides is 3. The third-order valence-corrected chi connectivity index (χ3v) is 14.7. The lowest BCUT2D eigenvalue weighted by Crippen LogP contribution is -2.44. The maximum absolute atomic E-state index is 12.8. The van der Waals surface area contributed by atoms with Gasteiger partial charge >= 0.3 is 0 Å². The van der Waals surface area contributed by atoms with Gasteiger partial charge in [0, 0.05) is 87.0 Å². The molecule has 0 aromatic heterocycles. The van der Waals surface area contributed by atoms with Crippen molar-refractivity contribution in [2.45, 2.75) is 79.4 Å². The molecule has 3 aliphatic heterocycles. The maximum atomic E-state index is 12.8. The van der Waals surface area contributed by atoms with Crippen LogP contribution in [0.1, 0.15) is 69.9 Å². The normalized spacial score (nSPS) is 20.5. The van der Waals surface area contributed by atoms with Gasteiger partial charge in [-0.25, -0.2) is 5.84 Å². The van der Waals surface area contributed by atoms with E-state index in [0.29, 0.717) is 67.9 Å². The number of hydrogen-bond acceptors (Lipinski definition) is 13. The molecule has 0 bridgehead atoms. The van der Waals surface area contributed by atoms with Gasteiger partial charge in [-0.2, -0.15) is 29.8 Å². The van der Waals surface area contributed by atoms with Crippen molar-refractivity contribution in [1.82, 2.24) is 9.91 Å². The summed E-state index contributed by atoms with van der Waals surface area (Å²) in [5.41, 5.74) is 2.23. The fourth-order valence-corrected chi connectivity index (χ4v) is 10.2. The van der Waals surface area contributed by atoms with Crippen LogP contribution in [-0.2, 0) is 65.0 Å². The van der Waals surface area contributed by atoms with Gasteiger partial charge in [0.05, 0.1) is 27.5 Å². The number of hydrogen-bond donors (Lipinski definition) is 4. The van der Waals surface area contributed by atoms with Crippen LogP contribution in [-0.4, -0.2) is 136 Å². The summed E-state index contributed by atoms with van der Waals surface area (Å²) in [4.78, 5) is 39.0. The van der Waals surface area contributed by atoms with E-state index in [0.717, 1.165) is 33.4 Å². The number of benzene rings is 2. The van der Waals surface area contributed by atoms with E-state index in [-0.39, 0.29) is 54.7 Å². The molecule has 5 N–H and O–H groups in total. The smallest absolute Gasteiger partial charge is 0.294 e. The molecule has 0 saturated carbocycles. The average Bonchev–Trinajstić information content (AvgIpc) is 3.78. The van der Waals surface area contributed by atoms with Gasteiger partial charge in [0.15, 0.2) is 12.3 Å². The second-order valence-corrected chi connectivity index (χ2v) is 21.1. The number of unbranched alkanes of at least 4 members (excludes halogenated alkanes) is 2. The summed E-state index contributed by atoms with van der Waals surface area (Å²) < 4.78 is 115. The predicted molar refractivity (Wildman–Crippen MR) is 245 cm³/mol. The largest absolute Gasteiger partial charge is 0.385 e. The fourth-order valence-electron chi connectivity index (χ4n) is 8.70. The molecule has 2 atom stereocenters. The van der Waals surface area contributed by atoms with Crippen molar-refractivity contribution in [2.24, 2.45) is 5.84 Å². The number of rotatable bonds is 24. The van der Waals surface area contributed by atoms with Crippen LogP contribution in [0.2, 0.25) is 0 Å². The monoisotopic (exact) mass is 976 g/mol. The number of fused-ring (bicyclic) bond motifs is 2. The molecule has 360 valence electrons. The Morgan fingerprint density at radius 2 is 1.41 bits per heavy atom. The summed E-state index contributed by atoms with van der Waals surface area (Å²) in [6.07, 6.45) is 13.9. The summed E-state index contributed by atoms with van der Waals surface area (Å²) >= 11 is 0. The number of carbonyl (C=O) groups is 3. The topological polar surface area (TPSA) is 272 Å². The van der Waals surface area contributed by atoms with Crippen molar-refractivity contribution in [3.05, 3.63) is 95.8 Å². The van der Waals surface area contributed by atoms with Gasteiger partial charge in [-0.05, 0) is 87.9 Å². The summed E-state index contributed by atoms with van der Waals surface area (Å²) in [5.74, 6) is 4.15. The standard InChI is InChI=1S/C44H57N5O14S3/c1-43(21-11-29-64(53,54)55)34-30-32(65(56,57)58)16-18-37(34)47(26-28-63-4)38(43)12-7-5-8-13-39-44(2,22-27-62-3)35-31-33(66(59,60)61)15-17-36(35)46(39)23-10-6-9-14-42(52)49(45)25-24-48-40(50)19-20-41(48)51/h5,7-8,12-13,15-20,30-31H,6,9-11,14,21-29,45H2,1-4H3,(H2-,53,54,55,56,57,58,59,60,61)/p+1. The Kier molecular flexibility index (Phi) is 16.9. The van der Waals surface area contributed by atoms with Gasteiger partial charge in [-0.3, -0.25) is 38.0 Å². The molecule has 19 nitrogen and oxygen atoms in total. The summed E-state index contributed by atoms with van der Waals surface area (Å²) in [6, 6.07) is 8.68. The molecule has 2 aromatic rings. The van der Waals surface area contributed by atoms with Crippen LogP contribution in [0.3, 0.4) is 0 Å². The van der Waals surface area contributed by atoms with Crippen molar-refractivity contribution in [3.8, 4) is 0 Å². The highest BCUT2D eigenvalue weighted by molar-refractivity contribution is 7.86. The zero-order chi connectivity index (χ0) is 48.7. The van der Waals surface area contributed by atoms with Gasteiger partial charge in [-0.1, -0.05) is 24.6 Å². The lowest BCUT2D eigenvalue weighted by atomic mass is 9.76. The van der Waals surface area contributed by atoms with Crippen molar-refractivity contribution in [3.63, 3.8) is 0 Å². The Hall–Kier alpha value is -4.91. The molecule has 5 rings (SSSR count). The number of allylic oxidation sites excluding steroid dienone is 6. The summed E-state index contributed by atoms with van der Waals surface area (Å²) in [6.45, 7) is 5.13. The van der Waals surface area contributed by atoms with Crippen LogP contribution in [0, 0.1) is 0 Å². The number of methoxy groups -OCH3 is 2. The van der Waals surface area contributed by atoms with Gasteiger partial charge < -0.3 is 14.4 Å². The molecule has 3 amide bonds. The Balaban J connectivity index is 1.43. The molecule has 0 fully saturated rings. The Morgan fingerprint density at radius 1 is 0.773 bits per heavy atom. The molecular weight excluding hydrogens is 919 g/mol. The molecule has 22 heteroatoms. The van der Waals surface area contributed by atoms with Crippen LogP contribution < -0.4 is 10.7 Å². The van der Waals surface area contributed by atoms with E-state index in [2.05, 4.69) is 4.90 Å². The minimum atomic E-state index is -4.59. The van der Waals surface area contributed by atoms with Crippen molar-refractivity contribution in [1.29, 1.82) is 0 Å². The fraction of sp³-hybridized carbons (Fsp3) is 0.455. The van der Waals surface area contributed by atoms with E-state index < -0.39 is 58.8 Å². The first-order chi connectivity index (χ1) is 31.0. The van der Waals surface area contributed by atoms with Gasteiger partial charge in [-0.15, -0.1) is 0 Å². The average molecular weight is 977 g/mol. The van der Waals surface area contributed by atoms with Crippen molar-refractivity contribution in [2.75, 3.05) is 64.3 Å². The lowest BCUT2D eigenvalue weighted by Gasteiger charge is -2.30. The number of carbonyl (C=O) groups excluding carboxylic acids is 3. The molecular formula is C44H58N5O14S3+. The first-order valence-corrected chi connectivity index (χ1v) is 25.7. The van der Waals surface area contributed by atoms with E-state index >= 15 is 0 Å². The van der Waals surface area contributed by atoms with E-state index in [1.54, 1.807) is 31.4 Å². The highest BCUT2D eigenvalue weighted by Gasteiger charge is 2.48. The quantitative estimate of drug-likeness (QED) is 0.0170. The van der Waals surface area contributed by atoms with E-state index in [4.69, 9.17) is 15.3 Å². The van der Waals surface area contributed by atoms with Crippen LogP contribution >= 0.6 is 0 Å². The minimum absolute atomic E-state index is 0.0155. The highest BCUT2D eigenvalue weighted by Crippen LogP contribution is 2.51. The second-order valence-electron chi connectivity index (χ2n) is 16.6. The Morgan fingerprint density at radius 3 is 2.03 bits per heavy atom. The zero-order valence-corrected chi connectivity index (χ0v) is 39.8. The molecule has 2 aromatic carbocycles. The number of ether oxygens (including phenoxy) is 2. The first-order valence-electron chi connectivity index (χ1n) is 21.2. The van der Waals surface area contributed by atoms with Gasteiger partial charge in [0.1, 0.15) is 6.61 Å². The van der Waals surface area contributed by atoms with Crippen molar-refractivity contribution < 1.29 is 67.3 Å². The molecule has 66 heavy (non-hydrogen) atoms. The third-order valence-electron chi connectivity index (χ3n) is 12.2. The van der Waals surface area contributed by atoms with Crippen LogP contribution in [0.5, 0.6) is 0 Å². The lowest BCUT2D eigenvalue weighted by molar-refractivity contribution is -0.441. The number of nitrogens with zero attached hydrogens (tertiary/aromatic N) is 4. The predicted octanol–water partition coefficient (Wildman–Crippen LogP) is 3.85. The minimum Gasteiger partial charge on any atom is -0.385 e. The first kappa shape index (κ1) is 52.1. The van der Waals surface area contributed by atoms with E-state index in [9.17, 15) is 53.3 Å². The number of hydrazine groups is 1. The maximum Gasteiger partial charge on any atom is 0.294 e. The number of anilines is 1. The zero-order valence-electron chi connectivity index (χ0n) is 37.3. The molecule has 0 aliphatic carbocycles. The molecule has 0 saturated heterocycles. The number of nitrogens with two attached hydrogens (primary N) is 1. The molecule has 3 aliphatic rings. The Bertz CT molecular complexity index is 2680. The highest BCUT2D eigenvalue weighted by atomic mass is 32.2. The van der Waals surface area contributed by atoms with Gasteiger partial charge in [0.25, 0.3) is 42.2 Å². The third kappa shape index (κ3) is 12.2. The van der Waals surface area contributed by atoms with E-state index in [1.807, 2.05) is 36.7 Å². The SMILES string of the molecule is COCC[N+]1=C(/C=C/C=C/C=C2/N(CCCCCC(=O)N(N)CCN3C(=O)C=CC3=O)c3ccc(S(=O)(=O)O)cc3C2(C)CCOC)C(C)(CCCS(=O)(=O)O)c2cc(S(=O)(=O)O)ccc21. The molecule has 0 spiro atoms. The molecule has 2 unspecified atom stereocenters.